The zero-order chi connectivity index (χ0) is 20.9. The van der Waals surface area contributed by atoms with Crippen LogP contribution in [0.15, 0.2) is 24.3 Å². The van der Waals surface area contributed by atoms with Gasteiger partial charge in [-0.2, -0.15) is 0 Å². The molecule has 2 aromatic rings. The second kappa shape index (κ2) is 9.14. The summed E-state index contributed by atoms with van der Waals surface area (Å²) in [4.78, 5) is 30.0. The number of rotatable bonds is 7. The Bertz CT molecular complexity index is 845. The summed E-state index contributed by atoms with van der Waals surface area (Å²) in [5, 5.41) is 9.69. The zero-order valence-corrected chi connectivity index (χ0v) is 17.3. The molecule has 152 valence electrons. The Labute approximate surface area is 168 Å². The number of hydrogen-bond donors (Lipinski definition) is 1. The molecule has 1 N–H and O–H groups in total. The molecule has 6 nitrogen and oxygen atoms in total. The maximum absolute atomic E-state index is 13.8. The topological polar surface area (TPSA) is 79.7 Å². The van der Waals surface area contributed by atoms with Crippen molar-refractivity contribution >= 4 is 23.4 Å². The molecular weight excluding hydrogens is 383 g/mol. The fourth-order valence-electron chi connectivity index (χ4n) is 2.60. The van der Waals surface area contributed by atoms with Gasteiger partial charge in [0, 0.05) is 11.4 Å². The number of amides is 1. The number of benzene rings is 1. The molecule has 8 heteroatoms. The first-order valence-corrected chi connectivity index (χ1v) is 9.79. The highest BCUT2D eigenvalue weighted by Gasteiger charge is 2.24. The van der Waals surface area contributed by atoms with E-state index < -0.39 is 17.7 Å². The van der Waals surface area contributed by atoms with Gasteiger partial charge in [0.15, 0.2) is 5.69 Å². The first-order valence-electron chi connectivity index (χ1n) is 8.98. The van der Waals surface area contributed by atoms with Crippen molar-refractivity contribution in [1.82, 2.24) is 9.88 Å². The summed E-state index contributed by atoms with van der Waals surface area (Å²) in [5.74, 6) is -1.36. The van der Waals surface area contributed by atoms with Crippen LogP contribution in [-0.2, 0) is 17.7 Å². The molecule has 0 aliphatic rings. The van der Waals surface area contributed by atoms with E-state index in [0.717, 1.165) is 0 Å². The van der Waals surface area contributed by atoms with Crippen LogP contribution >= 0.6 is 11.3 Å². The minimum atomic E-state index is -1.09. The van der Waals surface area contributed by atoms with Gasteiger partial charge in [0.2, 0.25) is 0 Å². The van der Waals surface area contributed by atoms with Gasteiger partial charge in [0.05, 0.1) is 6.54 Å². The second-order valence-corrected chi connectivity index (χ2v) is 8.70. The molecule has 0 unspecified atom stereocenters. The smallest absolute Gasteiger partial charge is 0.410 e. The van der Waals surface area contributed by atoms with Crippen molar-refractivity contribution in [2.24, 2.45) is 0 Å². The number of thiazole rings is 1. The zero-order valence-electron chi connectivity index (χ0n) is 16.5. The van der Waals surface area contributed by atoms with Gasteiger partial charge in [-0.15, -0.1) is 11.3 Å². The summed E-state index contributed by atoms with van der Waals surface area (Å²) in [5.41, 5.74) is -0.0771. The van der Waals surface area contributed by atoms with E-state index in [4.69, 9.17) is 4.74 Å². The highest BCUT2D eigenvalue weighted by molar-refractivity contribution is 7.11. The summed E-state index contributed by atoms with van der Waals surface area (Å²) in [6.07, 6.45) is 0.505. The lowest BCUT2D eigenvalue weighted by Crippen LogP contribution is -2.37. The molecule has 2 rings (SSSR count). The van der Waals surface area contributed by atoms with E-state index >= 15 is 0 Å². The summed E-state index contributed by atoms with van der Waals surface area (Å²) in [7, 11) is 0. The molecule has 1 amide bonds. The van der Waals surface area contributed by atoms with Crippen molar-refractivity contribution in [3.63, 3.8) is 0 Å². The molecular formula is C20H25FN2O4S. The third-order valence-corrected chi connectivity index (χ3v) is 4.81. The molecule has 0 saturated heterocycles. The molecule has 1 aromatic heterocycles. The molecule has 28 heavy (non-hydrogen) atoms. The Morgan fingerprint density at radius 2 is 1.96 bits per heavy atom. The molecule has 0 saturated carbocycles. The van der Waals surface area contributed by atoms with E-state index in [1.54, 1.807) is 45.9 Å². The maximum atomic E-state index is 13.8. The van der Waals surface area contributed by atoms with Crippen LogP contribution in [0.5, 0.6) is 0 Å². The first-order chi connectivity index (χ1) is 13.1. The standard InChI is InChI=1S/C20H25FN2O4S/c1-13-17(18(24)25)22-16(28-13)12-23(19(26)27-20(2,3)4)11-7-9-14-8-5-6-10-15(14)21/h5-6,8,10H,7,9,11-12H2,1-4H3,(H,24,25). The number of ether oxygens (including phenoxy) is 1. The van der Waals surface area contributed by atoms with Crippen LogP contribution in [0.1, 0.15) is 53.1 Å². The highest BCUT2D eigenvalue weighted by Crippen LogP contribution is 2.21. The number of halogens is 1. The molecule has 0 radical (unpaired) electrons. The third kappa shape index (κ3) is 6.30. The number of carbonyl (C=O) groups excluding carboxylic acids is 1. The third-order valence-electron chi connectivity index (χ3n) is 3.85. The van der Waals surface area contributed by atoms with Gasteiger partial charge in [-0.1, -0.05) is 18.2 Å². The molecule has 0 atom stereocenters. The summed E-state index contributed by atoms with van der Waals surface area (Å²) < 4.78 is 19.3. The number of aromatic carboxylic acids is 1. The monoisotopic (exact) mass is 408 g/mol. The number of nitrogens with zero attached hydrogens (tertiary/aromatic N) is 2. The molecule has 0 bridgehead atoms. The molecule has 0 spiro atoms. The predicted molar refractivity (Wildman–Crippen MR) is 105 cm³/mol. The Kier molecular flexibility index (Phi) is 7.12. The molecule has 0 aliphatic carbocycles. The van der Waals surface area contributed by atoms with Crippen LogP contribution in [0.2, 0.25) is 0 Å². The minimum absolute atomic E-state index is 0.00417. The van der Waals surface area contributed by atoms with Gasteiger partial charge in [-0.05, 0) is 52.2 Å². The summed E-state index contributed by atoms with van der Waals surface area (Å²) >= 11 is 1.24. The van der Waals surface area contributed by atoms with Crippen LogP contribution in [0.25, 0.3) is 0 Å². The fourth-order valence-corrected chi connectivity index (χ4v) is 3.54. The van der Waals surface area contributed by atoms with Crippen molar-refractivity contribution in [3.8, 4) is 0 Å². The van der Waals surface area contributed by atoms with Crippen LogP contribution in [0.3, 0.4) is 0 Å². The van der Waals surface area contributed by atoms with Crippen LogP contribution in [0, 0.1) is 12.7 Å². The molecule has 1 aromatic carbocycles. The Morgan fingerprint density at radius 3 is 2.54 bits per heavy atom. The fraction of sp³-hybridized carbons (Fsp3) is 0.450. The number of carboxylic acids is 1. The number of carboxylic acid groups (broad SMARTS) is 1. The van der Waals surface area contributed by atoms with E-state index in [0.29, 0.717) is 34.8 Å². The highest BCUT2D eigenvalue weighted by atomic mass is 32.1. The van der Waals surface area contributed by atoms with E-state index in [1.165, 1.54) is 22.3 Å². The van der Waals surface area contributed by atoms with Gasteiger partial charge >= 0.3 is 12.1 Å². The quantitative estimate of drug-likeness (QED) is 0.721. The average molecular weight is 408 g/mol. The average Bonchev–Trinajstić information content (AvgIpc) is 2.95. The summed E-state index contributed by atoms with van der Waals surface area (Å²) in [6, 6.07) is 6.54. The minimum Gasteiger partial charge on any atom is -0.476 e. The molecule has 0 fully saturated rings. The van der Waals surface area contributed by atoms with Gasteiger partial charge < -0.3 is 14.7 Å². The lowest BCUT2D eigenvalue weighted by Gasteiger charge is -2.27. The van der Waals surface area contributed by atoms with Crippen molar-refractivity contribution in [2.45, 2.75) is 52.7 Å². The number of carbonyl (C=O) groups is 2. The molecule has 1 heterocycles. The van der Waals surface area contributed by atoms with Gasteiger partial charge in [-0.3, -0.25) is 0 Å². The van der Waals surface area contributed by atoms with Gasteiger partial charge in [0.25, 0.3) is 0 Å². The predicted octanol–water partition coefficient (Wildman–Crippen LogP) is 4.66. The Balaban J connectivity index is 2.10. The largest absolute Gasteiger partial charge is 0.476 e. The SMILES string of the molecule is Cc1sc(CN(CCCc2ccccc2F)C(=O)OC(C)(C)C)nc1C(=O)O. The van der Waals surface area contributed by atoms with Crippen molar-refractivity contribution in [1.29, 1.82) is 0 Å². The van der Waals surface area contributed by atoms with Gasteiger partial charge in [0.1, 0.15) is 16.4 Å². The lowest BCUT2D eigenvalue weighted by molar-refractivity contribution is 0.0231. The maximum Gasteiger partial charge on any atom is 0.410 e. The lowest BCUT2D eigenvalue weighted by atomic mass is 10.1. The van der Waals surface area contributed by atoms with Gasteiger partial charge in [-0.25, -0.2) is 19.0 Å². The summed E-state index contributed by atoms with van der Waals surface area (Å²) in [6.45, 7) is 7.49. The van der Waals surface area contributed by atoms with Crippen LogP contribution in [0.4, 0.5) is 9.18 Å². The van der Waals surface area contributed by atoms with Crippen molar-refractivity contribution in [3.05, 3.63) is 51.2 Å². The van der Waals surface area contributed by atoms with Crippen molar-refractivity contribution < 1.29 is 23.8 Å². The van der Waals surface area contributed by atoms with E-state index in [1.807, 2.05) is 0 Å². The normalized spacial score (nSPS) is 11.3. The first kappa shape index (κ1) is 21.8. The molecule has 0 aliphatic heterocycles. The van der Waals surface area contributed by atoms with E-state index in [9.17, 15) is 19.1 Å². The van der Waals surface area contributed by atoms with E-state index in [2.05, 4.69) is 4.98 Å². The number of aryl methyl sites for hydroxylation is 2. The second-order valence-electron chi connectivity index (χ2n) is 7.41. The Morgan fingerprint density at radius 1 is 1.29 bits per heavy atom. The number of hydrogen-bond acceptors (Lipinski definition) is 5. The van der Waals surface area contributed by atoms with Crippen LogP contribution < -0.4 is 0 Å². The Hall–Kier alpha value is -2.48. The number of aromatic nitrogens is 1. The van der Waals surface area contributed by atoms with Crippen LogP contribution in [-0.4, -0.2) is 39.2 Å². The van der Waals surface area contributed by atoms with Crippen molar-refractivity contribution in [2.75, 3.05) is 6.54 Å². The van der Waals surface area contributed by atoms with E-state index in [-0.39, 0.29) is 18.1 Å².